The van der Waals surface area contributed by atoms with Gasteiger partial charge in [0.2, 0.25) is 0 Å². The van der Waals surface area contributed by atoms with Gasteiger partial charge in [-0.15, -0.1) is 0 Å². The van der Waals surface area contributed by atoms with Gasteiger partial charge >= 0.3 is 0 Å². The Bertz CT molecular complexity index is 336. The second kappa shape index (κ2) is 12.7. The summed E-state index contributed by atoms with van der Waals surface area (Å²) in [6.07, 6.45) is 1.25. The molecule has 106 valence electrons. The zero-order valence-corrected chi connectivity index (χ0v) is 12.0. The van der Waals surface area contributed by atoms with E-state index >= 15 is 0 Å². The highest BCUT2D eigenvalue weighted by Crippen LogP contribution is 1.90. The first-order valence-electron chi connectivity index (χ1n) is 6.26. The molecule has 1 aromatic carbocycles. The van der Waals surface area contributed by atoms with Crippen LogP contribution in [0.3, 0.4) is 0 Å². The predicted octanol–water partition coefficient (Wildman–Crippen LogP) is 4.54. The Morgan fingerprint density at radius 3 is 0.947 bits per heavy atom. The van der Waals surface area contributed by atoms with Crippen LogP contribution in [0.15, 0.2) is 36.4 Å². The van der Waals surface area contributed by atoms with Gasteiger partial charge < -0.3 is 0 Å². The second-order valence-corrected chi connectivity index (χ2v) is 3.84. The van der Waals surface area contributed by atoms with E-state index in [9.17, 15) is 0 Å². The molecule has 2 aromatic rings. The molecule has 0 aliphatic rings. The van der Waals surface area contributed by atoms with E-state index in [1.54, 1.807) is 0 Å². The van der Waals surface area contributed by atoms with Gasteiger partial charge in [0.1, 0.15) is 17.5 Å². The number of hydrogen-bond acceptors (Lipinski definition) is 3. The fourth-order valence-corrected chi connectivity index (χ4v) is 1.16. The monoisotopic (exact) mass is 261 g/mol. The Labute approximate surface area is 118 Å². The van der Waals surface area contributed by atoms with Crippen LogP contribution in [-0.2, 0) is 0 Å². The van der Waals surface area contributed by atoms with Crippen LogP contribution < -0.4 is 0 Å². The van der Waals surface area contributed by atoms with Crippen molar-refractivity contribution in [2.24, 2.45) is 0 Å². The maximum Gasteiger partial charge on any atom is 0.129 e. The van der Waals surface area contributed by atoms with Crippen molar-refractivity contribution in [3.05, 3.63) is 53.9 Å². The molecule has 0 N–H and O–H groups in total. The van der Waals surface area contributed by atoms with E-state index in [1.165, 1.54) is 6.42 Å². The maximum absolute atomic E-state index is 4.01. The lowest BCUT2D eigenvalue weighted by molar-refractivity contribution is 0.875. The summed E-state index contributed by atoms with van der Waals surface area (Å²) in [5.41, 5.74) is 0. The second-order valence-electron chi connectivity index (χ2n) is 3.84. The van der Waals surface area contributed by atoms with Crippen LogP contribution in [0.1, 0.15) is 45.2 Å². The van der Waals surface area contributed by atoms with Crippen LogP contribution in [0.25, 0.3) is 0 Å². The first-order valence-corrected chi connectivity index (χ1v) is 6.26. The zero-order chi connectivity index (χ0) is 13.8. The molecule has 0 bridgehead atoms. The smallest absolute Gasteiger partial charge is 0.129 e. The van der Waals surface area contributed by atoms with Crippen molar-refractivity contribution < 1.29 is 0 Å². The van der Waals surface area contributed by atoms with Crippen LogP contribution in [-0.4, -0.2) is 15.0 Å². The van der Waals surface area contributed by atoms with E-state index in [4.69, 9.17) is 0 Å². The van der Waals surface area contributed by atoms with Crippen molar-refractivity contribution in [1.29, 1.82) is 0 Å². The minimum atomic E-state index is 0. The normalized spacial score (nSPS) is 8.05. The minimum absolute atomic E-state index is 0. The molecule has 0 fully saturated rings. The van der Waals surface area contributed by atoms with Gasteiger partial charge in [-0.1, -0.05) is 64.1 Å². The molecular formula is C16H27N3. The molecule has 0 atom stereocenters. The predicted molar refractivity (Wildman–Crippen MR) is 83.2 cm³/mol. The van der Waals surface area contributed by atoms with Crippen molar-refractivity contribution in [1.82, 2.24) is 15.0 Å². The molecule has 19 heavy (non-hydrogen) atoms. The third-order valence-corrected chi connectivity index (χ3v) is 1.64. The maximum atomic E-state index is 4.01. The van der Waals surface area contributed by atoms with Gasteiger partial charge in [0.05, 0.1) is 0 Å². The molecular weight excluding hydrogens is 234 g/mol. The van der Waals surface area contributed by atoms with Gasteiger partial charge in [0.25, 0.3) is 0 Å². The standard InChI is InChI=1S/C6H9N3.C6H6.C3H8.CH4/c1-4-7-5(2)9-6(3)8-4;1-2-4-6-5-3-1;1-3-2;/h1-3H3;1-6H;3H2,1-2H3;1H4. The molecule has 2 rings (SSSR count). The average molecular weight is 261 g/mol. The van der Waals surface area contributed by atoms with E-state index < -0.39 is 0 Å². The summed E-state index contributed by atoms with van der Waals surface area (Å²) in [6, 6.07) is 12.0. The third kappa shape index (κ3) is 12.5. The van der Waals surface area contributed by atoms with Crippen LogP contribution in [0.2, 0.25) is 0 Å². The van der Waals surface area contributed by atoms with Gasteiger partial charge in [-0.3, -0.25) is 0 Å². The molecule has 0 aliphatic heterocycles. The highest BCUT2D eigenvalue weighted by Gasteiger charge is 1.91. The molecule has 0 unspecified atom stereocenters. The lowest BCUT2D eigenvalue weighted by Crippen LogP contribution is -1.97. The van der Waals surface area contributed by atoms with Crippen molar-refractivity contribution in [3.63, 3.8) is 0 Å². The molecule has 3 heteroatoms. The third-order valence-electron chi connectivity index (χ3n) is 1.64. The number of aromatic nitrogens is 3. The molecule has 0 amide bonds. The fourth-order valence-electron chi connectivity index (χ4n) is 1.16. The van der Waals surface area contributed by atoms with Gasteiger partial charge in [-0.25, -0.2) is 15.0 Å². The summed E-state index contributed by atoms with van der Waals surface area (Å²) in [5.74, 6) is 2.38. The Kier molecular flexibility index (Phi) is 13.1. The quantitative estimate of drug-likeness (QED) is 0.699. The molecule has 0 radical (unpaired) electrons. The summed E-state index contributed by atoms with van der Waals surface area (Å²) in [7, 11) is 0. The van der Waals surface area contributed by atoms with Crippen molar-refractivity contribution in [3.8, 4) is 0 Å². The highest BCUT2D eigenvalue weighted by atomic mass is 15.0. The lowest BCUT2D eigenvalue weighted by atomic mass is 10.4. The van der Waals surface area contributed by atoms with Gasteiger partial charge in [-0.05, 0) is 20.8 Å². The Hall–Kier alpha value is -1.77. The largest absolute Gasteiger partial charge is 0.219 e. The summed E-state index contributed by atoms with van der Waals surface area (Å²) >= 11 is 0. The molecule has 0 saturated heterocycles. The first kappa shape index (κ1) is 19.6. The van der Waals surface area contributed by atoms with E-state index in [-0.39, 0.29) is 7.43 Å². The topological polar surface area (TPSA) is 38.7 Å². The summed E-state index contributed by atoms with van der Waals surface area (Å²) in [4.78, 5) is 12.0. The van der Waals surface area contributed by atoms with E-state index in [0.717, 1.165) is 17.5 Å². The molecule has 3 nitrogen and oxygen atoms in total. The zero-order valence-electron chi connectivity index (χ0n) is 12.0. The van der Waals surface area contributed by atoms with E-state index in [1.807, 2.05) is 57.2 Å². The first-order chi connectivity index (χ1) is 8.60. The Balaban J connectivity index is 0. The highest BCUT2D eigenvalue weighted by molar-refractivity contribution is 4.99. The van der Waals surface area contributed by atoms with Crippen molar-refractivity contribution in [2.75, 3.05) is 0 Å². The Morgan fingerprint density at radius 2 is 0.789 bits per heavy atom. The number of rotatable bonds is 0. The molecule has 0 aliphatic carbocycles. The van der Waals surface area contributed by atoms with Crippen LogP contribution in [0.4, 0.5) is 0 Å². The number of aryl methyl sites for hydroxylation is 3. The van der Waals surface area contributed by atoms with E-state index in [0.29, 0.717) is 0 Å². The molecule has 1 heterocycles. The average Bonchev–Trinajstić information content (AvgIpc) is 2.31. The number of benzene rings is 1. The van der Waals surface area contributed by atoms with Gasteiger partial charge in [0.15, 0.2) is 0 Å². The van der Waals surface area contributed by atoms with Gasteiger partial charge in [0, 0.05) is 0 Å². The number of nitrogens with zero attached hydrogens (tertiary/aromatic N) is 3. The molecule has 0 spiro atoms. The summed E-state index contributed by atoms with van der Waals surface area (Å²) in [5, 5.41) is 0. The van der Waals surface area contributed by atoms with E-state index in [2.05, 4.69) is 28.8 Å². The Morgan fingerprint density at radius 1 is 0.632 bits per heavy atom. The number of hydrogen-bond donors (Lipinski definition) is 0. The summed E-state index contributed by atoms with van der Waals surface area (Å²) in [6.45, 7) is 9.84. The minimum Gasteiger partial charge on any atom is -0.219 e. The summed E-state index contributed by atoms with van der Waals surface area (Å²) < 4.78 is 0. The molecule has 1 aromatic heterocycles. The van der Waals surface area contributed by atoms with Crippen molar-refractivity contribution >= 4 is 0 Å². The van der Waals surface area contributed by atoms with Crippen LogP contribution in [0.5, 0.6) is 0 Å². The fraction of sp³-hybridized carbons (Fsp3) is 0.438. The van der Waals surface area contributed by atoms with Crippen LogP contribution >= 0.6 is 0 Å². The lowest BCUT2D eigenvalue weighted by Gasteiger charge is -1.94. The SMILES string of the molecule is C.CCC.Cc1nc(C)nc(C)n1.c1ccccc1. The van der Waals surface area contributed by atoms with Crippen LogP contribution in [0, 0.1) is 20.8 Å². The molecule has 0 saturated carbocycles. The van der Waals surface area contributed by atoms with Crippen molar-refractivity contribution in [2.45, 2.75) is 48.5 Å². The van der Waals surface area contributed by atoms with Gasteiger partial charge in [-0.2, -0.15) is 0 Å².